The number of hydrogen-bond donors (Lipinski definition) is 1. The van der Waals surface area contributed by atoms with Crippen molar-refractivity contribution in [3.63, 3.8) is 0 Å². The van der Waals surface area contributed by atoms with E-state index in [1.807, 2.05) is 36.0 Å². The summed E-state index contributed by atoms with van der Waals surface area (Å²) in [6, 6.07) is 33.5. The van der Waals surface area contributed by atoms with Crippen molar-refractivity contribution in [2.45, 2.75) is 17.5 Å². The lowest BCUT2D eigenvalue weighted by atomic mass is 9.55. The molecule has 0 aliphatic carbocycles. The summed E-state index contributed by atoms with van der Waals surface area (Å²) in [6.45, 7) is 1.01. The van der Waals surface area contributed by atoms with E-state index >= 15 is 4.79 Å². The molecule has 0 bridgehead atoms. The number of para-hydroxylation sites is 1. The van der Waals surface area contributed by atoms with Crippen molar-refractivity contribution in [3.05, 3.63) is 130 Å². The molecule has 8 heteroatoms. The molecule has 5 aromatic rings. The zero-order chi connectivity index (χ0) is 31.8. The van der Waals surface area contributed by atoms with Gasteiger partial charge in [-0.05, 0) is 64.3 Å². The Morgan fingerprint density at radius 3 is 2.32 bits per heavy atom. The predicted molar refractivity (Wildman–Crippen MR) is 195 cm³/mol. The van der Waals surface area contributed by atoms with Crippen LogP contribution in [-0.4, -0.2) is 59.3 Å². The van der Waals surface area contributed by atoms with Crippen LogP contribution in [0.5, 0.6) is 0 Å². The molecule has 3 saturated heterocycles. The highest BCUT2D eigenvalue weighted by atomic mass is 32.2. The van der Waals surface area contributed by atoms with Crippen molar-refractivity contribution in [2.75, 3.05) is 37.1 Å². The number of fused-ring (bicyclic) bond motifs is 5. The van der Waals surface area contributed by atoms with Gasteiger partial charge in [-0.15, -0.1) is 34.4 Å². The number of benzene rings is 3. The number of likely N-dealkylation sites (N-methyl/N-ethyl adjacent to an activating group) is 1. The van der Waals surface area contributed by atoms with Crippen molar-refractivity contribution in [2.24, 2.45) is 5.41 Å². The highest BCUT2D eigenvalue weighted by molar-refractivity contribution is 7.99. The molecule has 0 saturated carbocycles. The number of likely N-dealkylation sites (tertiary alicyclic amines) is 1. The maximum absolute atomic E-state index is 15.9. The van der Waals surface area contributed by atoms with Gasteiger partial charge in [-0.3, -0.25) is 14.5 Å². The highest BCUT2D eigenvalue weighted by Crippen LogP contribution is 2.69. The Hall–Kier alpha value is -3.79. The molecule has 9 rings (SSSR count). The van der Waals surface area contributed by atoms with Crippen LogP contribution in [0.1, 0.15) is 22.6 Å². The second kappa shape index (κ2) is 11.1. The molecule has 5 nitrogen and oxygen atoms in total. The monoisotopic (exact) mass is 671 g/mol. The molecule has 6 heterocycles. The smallest absolute Gasteiger partial charge is 0.250 e. The number of rotatable bonds is 4. The molecule has 0 radical (unpaired) electrons. The van der Waals surface area contributed by atoms with Gasteiger partial charge in [0.25, 0.3) is 5.91 Å². The fraction of sp³-hybridized carbons (Fsp3) is 0.231. The second-order valence-electron chi connectivity index (χ2n) is 13.0. The summed E-state index contributed by atoms with van der Waals surface area (Å²) in [4.78, 5) is 37.9. The molecule has 4 aliphatic rings. The summed E-state index contributed by atoms with van der Waals surface area (Å²) in [6.07, 6.45) is 2.11. The number of carbonyl (C=O) groups excluding carboxylic acids is 2. The Kier molecular flexibility index (Phi) is 6.96. The van der Waals surface area contributed by atoms with E-state index in [2.05, 4.69) is 112 Å². The number of thiophene rings is 2. The Morgan fingerprint density at radius 2 is 1.53 bits per heavy atom. The van der Waals surface area contributed by atoms with E-state index in [0.29, 0.717) is 19.0 Å². The van der Waals surface area contributed by atoms with Crippen LogP contribution in [0.3, 0.4) is 0 Å². The first kappa shape index (κ1) is 29.4. The van der Waals surface area contributed by atoms with E-state index in [9.17, 15) is 4.79 Å². The van der Waals surface area contributed by atoms with Crippen molar-refractivity contribution in [1.82, 2.24) is 9.80 Å². The zero-order valence-electron chi connectivity index (χ0n) is 25.9. The van der Waals surface area contributed by atoms with Crippen LogP contribution in [-0.2, 0) is 15.1 Å². The molecule has 47 heavy (non-hydrogen) atoms. The molecule has 234 valence electrons. The first-order valence-electron chi connectivity index (χ1n) is 16.0. The van der Waals surface area contributed by atoms with Crippen LogP contribution in [0, 0.1) is 5.41 Å². The minimum atomic E-state index is -1.15. The number of carbonyl (C=O) groups is 2. The summed E-state index contributed by atoms with van der Waals surface area (Å²) in [5, 5.41) is 7.48. The maximum atomic E-state index is 15.9. The van der Waals surface area contributed by atoms with Crippen molar-refractivity contribution in [1.29, 1.82) is 0 Å². The molecule has 4 atom stereocenters. The van der Waals surface area contributed by atoms with Crippen LogP contribution >= 0.6 is 34.4 Å². The third-order valence-electron chi connectivity index (χ3n) is 10.6. The van der Waals surface area contributed by atoms with Gasteiger partial charge in [0.2, 0.25) is 0 Å². The summed E-state index contributed by atoms with van der Waals surface area (Å²) in [5.74, 6) is 1.36. The minimum Gasteiger partial charge on any atom is -0.324 e. The lowest BCUT2D eigenvalue weighted by Gasteiger charge is -2.51. The average Bonchev–Trinajstić information content (AvgIpc) is 3.92. The third-order valence-corrected chi connectivity index (χ3v) is 13.5. The van der Waals surface area contributed by atoms with E-state index < -0.39 is 11.0 Å². The van der Waals surface area contributed by atoms with Crippen LogP contribution in [0.25, 0.3) is 27.0 Å². The first-order chi connectivity index (χ1) is 23.0. The zero-order valence-corrected chi connectivity index (χ0v) is 28.3. The van der Waals surface area contributed by atoms with Crippen LogP contribution in [0.15, 0.2) is 113 Å². The van der Waals surface area contributed by atoms with E-state index in [1.54, 1.807) is 22.7 Å². The predicted octanol–water partition coefficient (Wildman–Crippen LogP) is 8.05. The van der Waals surface area contributed by atoms with Gasteiger partial charge in [0.05, 0.1) is 5.41 Å². The molecular formula is C39H33N3O2S3. The molecule has 0 unspecified atom stereocenters. The van der Waals surface area contributed by atoms with Crippen LogP contribution < -0.4 is 5.32 Å². The van der Waals surface area contributed by atoms with Gasteiger partial charge in [0.1, 0.15) is 5.54 Å². The number of nitrogens with one attached hydrogen (secondary N) is 1. The molecule has 1 N–H and O–H groups in total. The quantitative estimate of drug-likeness (QED) is 0.196. The molecule has 3 fully saturated rings. The Balaban J connectivity index is 1.33. The van der Waals surface area contributed by atoms with Crippen LogP contribution in [0.4, 0.5) is 5.69 Å². The topological polar surface area (TPSA) is 52.7 Å². The lowest BCUT2D eigenvalue weighted by molar-refractivity contribution is -0.146. The lowest BCUT2D eigenvalue weighted by Crippen LogP contribution is -2.65. The Morgan fingerprint density at radius 1 is 0.830 bits per heavy atom. The number of anilines is 1. The number of hydrogen-bond acceptors (Lipinski definition) is 7. The van der Waals surface area contributed by atoms with Crippen molar-refractivity contribution < 1.29 is 9.59 Å². The Bertz CT molecular complexity index is 2050. The van der Waals surface area contributed by atoms with Crippen molar-refractivity contribution >= 4 is 57.9 Å². The second-order valence-corrected chi connectivity index (χ2v) is 15.9. The number of nitrogens with zero attached hydrogens (tertiary/aromatic N) is 2. The van der Waals surface area contributed by atoms with Gasteiger partial charge in [0, 0.05) is 63.3 Å². The number of ketones is 1. The molecule has 2 spiro atoms. The molecule has 4 aliphatic heterocycles. The molecular weight excluding hydrogens is 639 g/mol. The molecule has 3 aromatic carbocycles. The number of thioether (sulfide) groups is 1. The van der Waals surface area contributed by atoms with E-state index in [1.165, 1.54) is 9.75 Å². The fourth-order valence-corrected chi connectivity index (χ4v) is 11.9. The summed E-state index contributed by atoms with van der Waals surface area (Å²) < 4.78 is 0. The number of amides is 1. The minimum absolute atomic E-state index is 0.00752. The van der Waals surface area contributed by atoms with Gasteiger partial charge in [0.15, 0.2) is 5.78 Å². The van der Waals surface area contributed by atoms with Gasteiger partial charge < -0.3 is 10.2 Å². The normalized spacial score (nSPS) is 28.0. The Labute approximate surface area is 286 Å². The summed E-state index contributed by atoms with van der Waals surface area (Å²) >= 11 is 5.29. The maximum Gasteiger partial charge on any atom is 0.250 e. The SMILES string of the molecule is CN1C/C(=C\c2ccccc2-c2cccs2)C(=O)[C@]2(C1)[C@H](c1ccccc1-c1cccs1)[C@@H]1CSCN1[C@@]21C(=O)Nc2ccccc21. The van der Waals surface area contributed by atoms with Gasteiger partial charge >= 0.3 is 0 Å². The highest BCUT2D eigenvalue weighted by Gasteiger charge is 2.78. The van der Waals surface area contributed by atoms with E-state index in [0.717, 1.165) is 44.8 Å². The third kappa shape index (κ3) is 4.09. The van der Waals surface area contributed by atoms with Gasteiger partial charge in [-0.25, -0.2) is 0 Å². The first-order valence-corrected chi connectivity index (χ1v) is 18.9. The van der Waals surface area contributed by atoms with Gasteiger partial charge in [-0.1, -0.05) is 78.9 Å². The van der Waals surface area contributed by atoms with E-state index in [4.69, 9.17) is 0 Å². The summed E-state index contributed by atoms with van der Waals surface area (Å²) in [7, 11) is 2.11. The van der Waals surface area contributed by atoms with Gasteiger partial charge in [-0.2, -0.15) is 0 Å². The van der Waals surface area contributed by atoms with Crippen molar-refractivity contribution in [3.8, 4) is 20.9 Å². The standard InChI is InChI=1S/C39H33N3O2S3/c1-41-21-26(20-25-10-2-3-11-27(25)33-16-8-18-46-33)36(43)38(23-41)35(29-13-5-4-12-28(29)34-17-9-19-47-34)32-22-45-24-42(32)39(38)30-14-6-7-15-31(30)40-37(39)44/h2-20,32,35H,21-24H2,1H3,(H,40,44)/b26-20+/t32-,35+,38-,39-/m0/s1. The summed E-state index contributed by atoms with van der Waals surface area (Å²) in [5.41, 5.74) is 4.73. The van der Waals surface area contributed by atoms with E-state index in [-0.39, 0.29) is 23.7 Å². The fourth-order valence-electron chi connectivity index (χ4n) is 9.06. The average molecular weight is 672 g/mol. The number of piperidine rings is 1. The molecule has 1 amide bonds. The van der Waals surface area contributed by atoms with Crippen LogP contribution in [0.2, 0.25) is 0 Å². The number of Topliss-reactive ketones (excluding diaryl/α,β-unsaturated/α-hetero) is 1. The largest absolute Gasteiger partial charge is 0.324 e. The molecule has 2 aromatic heterocycles.